The molecule has 0 aromatic heterocycles. The van der Waals surface area contributed by atoms with E-state index in [2.05, 4.69) is 20.9 Å². The summed E-state index contributed by atoms with van der Waals surface area (Å²) < 4.78 is 22.9. The van der Waals surface area contributed by atoms with Crippen molar-refractivity contribution in [1.29, 1.82) is 0 Å². The Balaban J connectivity index is 1.58. The second kappa shape index (κ2) is 12.6. The number of esters is 2. The summed E-state index contributed by atoms with van der Waals surface area (Å²) in [6.45, 7) is 4.68. The van der Waals surface area contributed by atoms with Crippen LogP contribution >= 0.6 is 27.5 Å². The number of hydrogen-bond acceptors (Lipinski definition) is 7. The zero-order chi connectivity index (χ0) is 27.1. The molecule has 7 nitrogen and oxygen atoms in total. The Labute approximate surface area is 233 Å². The number of aliphatic imine (C=N–C) groups is 1. The van der Waals surface area contributed by atoms with E-state index in [1.165, 1.54) is 12.2 Å². The first kappa shape index (κ1) is 27.2. The first-order chi connectivity index (χ1) is 18.4. The first-order valence-electron chi connectivity index (χ1n) is 11.7. The summed E-state index contributed by atoms with van der Waals surface area (Å²) in [6.07, 6.45) is 4.43. The van der Waals surface area contributed by atoms with Crippen molar-refractivity contribution in [2.75, 3.05) is 13.2 Å². The van der Waals surface area contributed by atoms with E-state index in [4.69, 9.17) is 30.5 Å². The Kier molecular flexibility index (Phi) is 8.99. The maximum absolute atomic E-state index is 12.6. The zero-order valence-electron chi connectivity index (χ0n) is 20.6. The summed E-state index contributed by atoms with van der Waals surface area (Å²) in [5.74, 6) is 0.275. The Morgan fingerprint density at radius 3 is 2.42 bits per heavy atom. The molecule has 9 heteroatoms. The predicted octanol–water partition coefficient (Wildman–Crippen LogP) is 6.86. The zero-order valence-corrected chi connectivity index (χ0v) is 22.9. The number of hydrogen-bond donors (Lipinski definition) is 0. The van der Waals surface area contributed by atoms with Gasteiger partial charge in [0, 0.05) is 26.7 Å². The molecule has 0 unspecified atom stereocenters. The van der Waals surface area contributed by atoms with Crippen LogP contribution in [0.1, 0.15) is 30.5 Å². The molecule has 0 aliphatic carbocycles. The van der Waals surface area contributed by atoms with Crippen LogP contribution in [0.5, 0.6) is 17.2 Å². The molecule has 3 aromatic rings. The summed E-state index contributed by atoms with van der Waals surface area (Å²) in [5, 5.41) is 0.603. The highest BCUT2D eigenvalue weighted by Gasteiger charge is 2.26. The average molecular weight is 597 g/mol. The molecule has 1 heterocycles. The van der Waals surface area contributed by atoms with Crippen LogP contribution in [0.4, 0.5) is 0 Å². The number of ether oxygens (including phenoxy) is 4. The molecule has 3 aromatic carbocycles. The van der Waals surface area contributed by atoms with E-state index in [0.29, 0.717) is 40.9 Å². The summed E-state index contributed by atoms with van der Waals surface area (Å²) in [6, 6.07) is 17.3. The van der Waals surface area contributed by atoms with Crippen molar-refractivity contribution in [2.45, 2.75) is 13.8 Å². The van der Waals surface area contributed by atoms with Gasteiger partial charge >= 0.3 is 11.9 Å². The maximum Gasteiger partial charge on any atom is 0.363 e. The van der Waals surface area contributed by atoms with Gasteiger partial charge in [-0.2, -0.15) is 0 Å². The molecule has 0 saturated heterocycles. The molecule has 0 amide bonds. The standard InChI is InChI=1S/C29H23BrClNO6/c1-3-35-25-12-8-19(17-26(25)36-4-2)28-32-23(29(34)38-28)16-20-15-21(30)9-13-24(20)37-27(33)14-7-18-5-10-22(31)11-6-18/h5-17H,3-4H2,1-2H3/b14-7+,23-16-. The van der Waals surface area contributed by atoms with Gasteiger partial charge in [-0.25, -0.2) is 14.6 Å². The van der Waals surface area contributed by atoms with Gasteiger partial charge in [0.1, 0.15) is 5.75 Å². The third-order valence-electron chi connectivity index (χ3n) is 5.17. The second-order valence-electron chi connectivity index (χ2n) is 7.85. The van der Waals surface area contributed by atoms with Crippen molar-refractivity contribution in [1.82, 2.24) is 0 Å². The molecule has 1 aliphatic rings. The molecule has 0 bridgehead atoms. The predicted molar refractivity (Wildman–Crippen MR) is 150 cm³/mol. The smallest absolute Gasteiger partial charge is 0.363 e. The van der Waals surface area contributed by atoms with Crippen LogP contribution in [-0.4, -0.2) is 31.1 Å². The molecule has 0 radical (unpaired) electrons. The number of carbonyl (C=O) groups is 2. The molecular weight excluding hydrogens is 574 g/mol. The van der Waals surface area contributed by atoms with Crippen LogP contribution < -0.4 is 14.2 Å². The van der Waals surface area contributed by atoms with Crippen molar-refractivity contribution in [3.8, 4) is 17.2 Å². The van der Waals surface area contributed by atoms with Gasteiger partial charge in [0.25, 0.3) is 0 Å². The molecule has 4 rings (SSSR count). The van der Waals surface area contributed by atoms with Crippen molar-refractivity contribution < 1.29 is 28.5 Å². The fourth-order valence-electron chi connectivity index (χ4n) is 3.47. The molecule has 38 heavy (non-hydrogen) atoms. The van der Waals surface area contributed by atoms with Crippen LogP contribution in [0, 0.1) is 0 Å². The fourth-order valence-corrected chi connectivity index (χ4v) is 3.97. The molecule has 0 saturated carbocycles. The number of carbonyl (C=O) groups excluding carboxylic acids is 2. The van der Waals surface area contributed by atoms with Gasteiger partial charge in [0.05, 0.1) is 13.2 Å². The first-order valence-corrected chi connectivity index (χ1v) is 12.9. The Hall–Kier alpha value is -3.88. The molecule has 1 aliphatic heterocycles. The highest BCUT2D eigenvalue weighted by molar-refractivity contribution is 9.10. The van der Waals surface area contributed by atoms with Gasteiger partial charge in [0.15, 0.2) is 17.2 Å². The van der Waals surface area contributed by atoms with Crippen molar-refractivity contribution in [2.24, 2.45) is 4.99 Å². The lowest BCUT2D eigenvalue weighted by atomic mass is 10.1. The van der Waals surface area contributed by atoms with Gasteiger partial charge in [-0.15, -0.1) is 0 Å². The highest BCUT2D eigenvalue weighted by atomic mass is 79.9. The lowest BCUT2D eigenvalue weighted by Gasteiger charge is -2.11. The Bertz CT molecular complexity index is 1450. The SMILES string of the molecule is CCOc1ccc(C2=N/C(=C\c3cc(Br)ccc3OC(=O)/C=C/c3ccc(Cl)cc3)C(=O)O2)cc1OCC. The quantitative estimate of drug-likeness (QED) is 0.152. The van der Waals surface area contributed by atoms with Crippen LogP contribution in [0.3, 0.4) is 0 Å². The van der Waals surface area contributed by atoms with E-state index in [0.717, 1.165) is 10.0 Å². The van der Waals surface area contributed by atoms with E-state index >= 15 is 0 Å². The third-order valence-corrected chi connectivity index (χ3v) is 5.91. The summed E-state index contributed by atoms with van der Waals surface area (Å²) in [7, 11) is 0. The van der Waals surface area contributed by atoms with Crippen LogP contribution in [0.2, 0.25) is 5.02 Å². The van der Waals surface area contributed by atoms with E-state index < -0.39 is 11.9 Å². The molecule has 0 fully saturated rings. The Morgan fingerprint density at radius 1 is 0.974 bits per heavy atom. The topological polar surface area (TPSA) is 83.4 Å². The highest BCUT2D eigenvalue weighted by Crippen LogP contribution is 2.31. The summed E-state index contributed by atoms with van der Waals surface area (Å²) in [5.41, 5.74) is 1.87. The number of cyclic esters (lactones) is 1. The van der Waals surface area contributed by atoms with Crippen molar-refractivity contribution >= 4 is 57.5 Å². The van der Waals surface area contributed by atoms with Gasteiger partial charge < -0.3 is 18.9 Å². The lowest BCUT2D eigenvalue weighted by Crippen LogP contribution is -2.07. The largest absolute Gasteiger partial charge is 0.490 e. The van der Waals surface area contributed by atoms with E-state index in [1.54, 1.807) is 66.7 Å². The maximum atomic E-state index is 12.6. The molecule has 0 spiro atoms. The van der Waals surface area contributed by atoms with Crippen molar-refractivity contribution in [3.05, 3.63) is 98.6 Å². The Morgan fingerprint density at radius 2 is 1.68 bits per heavy atom. The average Bonchev–Trinajstić information content (AvgIpc) is 3.26. The van der Waals surface area contributed by atoms with Gasteiger partial charge in [-0.05, 0) is 80.1 Å². The normalized spacial score (nSPS) is 13.9. The van der Waals surface area contributed by atoms with Crippen molar-refractivity contribution in [3.63, 3.8) is 0 Å². The lowest BCUT2D eigenvalue weighted by molar-refractivity contribution is -0.130. The summed E-state index contributed by atoms with van der Waals surface area (Å²) >= 11 is 9.31. The third kappa shape index (κ3) is 6.90. The molecule has 194 valence electrons. The van der Waals surface area contributed by atoms with Crippen LogP contribution in [0.15, 0.2) is 81.9 Å². The van der Waals surface area contributed by atoms with E-state index in [-0.39, 0.29) is 17.3 Å². The fraction of sp³-hybridized carbons (Fsp3) is 0.138. The number of halogens is 2. The molecular formula is C29H23BrClNO6. The van der Waals surface area contributed by atoms with E-state index in [9.17, 15) is 9.59 Å². The minimum Gasteiger partial charge on any atom is -0.490 e. The summed E-state index contributed by atoms with van der Waals surface area (Å²) in [4.78, 5) is 29.5. The minimum absolute atomic E-state index is 0.0546. The molecule has 0 atom stereocenters. The number of rotatable bonds is 9. The molecule has 0 N–H and O–H groups in total. The van der Waals surface area contributed by atoms with Crippen LogP contribution in [0.25, 0.3) is 12.2 Å². The van der Waals surface area contributed by atoms with Gasteiger partial charge in [0.2, 0.25) is 5.90 Å². The minimum atomic E-state index is -0.633. The number of benzene rings is 3. The monoisotopic (exact) mass is 595 g/mol. The number of nitrogens with zero attached hydrogens (tertiary/aromatic N) is 1. The van der Waals surface area contributed by atoms with Crippen LogP contribution in [-0.2, 0) is 14.3 Å². The second-order valence-corrected chi connectivity index (χ2v) is 9.20. The van der Waals surface area contributed by atoms with Gasteiger partial charge in [-0.1, -0.05) is 39.7 Å². The van der Waals surface area contributed by atoms with E-state index in [1.807, 2.05) is 13.8 Å². The van der Waals surface area contributed by atoms with Gasteiger partial charge in [-0.3, -0.25) is 0 Å².